The summed E-state index contributed by atoms with van der Waals surface area (Å²) >= 11 is 0. The van der Waals surface area contributed by atoms with Gasteiger partial charge in [-0.2, -0.15) is 5.26 Å². The standard InChI is InChI=1S/C17H15F3N4O2/c1-8-2-9(5-21)24(7-8)14(25)6-22-17(26)13-3-10-11(18)4-12(19)15(20)16(10)23-13/h3-4,8-9,23H,2,6-7H2,1H3,(H,22,26). The van der Waals surface area contributed by atoms with Gasteiger partial charge in [0.15, 0.2) is 11.6 Å². The van der Waals surface area contributed by atoms with E-state index < -0.39 is 40.8 Å². The van der Waals surface area contributed by atoms with Crippen molar-refractivity contribution < 1.29 is 22.8 Å². The largest absolute Gasteiger partial charge is 0.348 e. The van der Waals surface area contributed by atoms with E-state index >= 15 is 0 Å². The lowest BCUT2D eigenvalue weighted by atomic mass is 10.1. The number of benzene rings is 1. The molecule has 1 aliphatic rings. The first-order valence-corrected chi connectivity index (χ1v) is 7.95. The van der Waals surface area contributed by atoms with E-state index in [2.05, 4.69) is 10.3 Å². The summed E-state index contributed by atoms with van der Waals surface area (Å²) in [6, 6.07) is 2.95. The Hall–Kier alpha value is -3.02. The molecule has 2 amide bonds. The molecule has 0 spiro atoms. The van der Waals surface area contributed by atoms with Crippen LogP contribution < -0.4 is 5.32 Å². The number of nitrogens with zero attached hydrogens (tertiary/aromatic N) is 2. The first-order valence-electron chi connectivity index (χ1n) is 7.95. The van der Waals surface area contributed by atoms with Gasteiger partial charge in [0, 0.05) is 18.0 Å². The Labute approximate surface area is 146 Å². The van der Waals surface area contributed by atoms with Crippen molar-refractivity contribution in [2.75, 3.05) is 13.1 Å². The van der Waals surface area contributed by atoms with Gasteiger partial charge in [-0.15, -0.1) is 0 Å². The number of nitrogens with one attached hydrogen (secondary N) is 2. The molecule has 1 aromatic heterocycles. The van der Waals surface area contributed by atoms with Gasteiger partial charge in [-0.3, -0.25) is 9.59 Å². The molecule has 2 atom stereocenters. The molecule has 9 heteroatoms. The molecular weight excluding hydrogens is 349 g/mol. The third-order valence-electron chi connectivity index (χ3n) is 4.38. The van der Waals surface area contributed by atoms with Crippen LogP contribution in [0.4, 0.5) is 13.2 Å². The van der Waals surface area contributed by atoms with Crippen molar-refractivity contribution in [1.82, 2.24) is 15.2 Å². The second-order valence-electron chi connectivity index (χ2n) is 6.34. The minimum absolute atomic E-state index is 0.189. The minimum Gasteiger partial charge on any atom is -0.348 e. The molecule has 1 aliphatic heterocycles. The Balaban J connectivity index is 1.72. The van der Waals surface area contributed by atoms with Crippen LogP contribution in [0.3, 0.4) is 0 Å². The van der Waals surface area contributed by atoms with Crippen molar-refractivity contribution in [2.45, 2.75) is 19.4 Å². The minimum atomic E-state index is -1.37. The summed E-state index contributed by atoms with van der Waals surface area (Å²) in [5.41, 5.74) is -0.667. The number of H-pyrrole nitrogens is 1. The smallest absolute Gasteiger partial charge is 0.268 e. The SMILES string of the molecule is CC1CC(C#N)N(C(=O)CNC(=O)c2cc3c(F)cc(F)c(F)c3[nH]2)C1. The Morgan fingerprint density at radius 1 is 1.35 bits per heavy atom. The second-order valence-corrected chi connectivity index (χ2v) is 6.34. The van der Waals surface area contributed by atoms with E-state index in [4.69, 9.17) is 5.26 Å². The van der Waals surface area contributed by atoms with Gasteiger partial charge in [-0.1, -0.05) is 6.92 Å². The number of likely N-dealkylation sites (tertiary alicyclic amines) is 1. The number of amides is 2. The lowest BCUT2D eigenvalue weighted by Gasteiger charge is -2.19. The van der Waals surface area contributed by atoms with Gasteiger partial charge >= 0.3 is 0 Å². The van der Waals surface area contributed by atoms with Crippen molar-refractivity contribution >= 4 is 22.7 Å². The molecule has 26 heavy (non-hydrogen) atoms. The fraction of sp³-hybridized carbons (Fsp3) is 0.353. The van der Waals surface area contributed by atoms with E-state index in [9.17, 15) is 22.8 Å². The molecule has 2 unspecified atom stereocenters. The number of hydrogen-bond donors (Lipinski definition) is 2. The van der Waals surface area contributed by atoms with Crippen LogP contribution >= 0.6 is 0 Å². The number of aromatic nitrogens is 1. The second kappa shape index (κ2) is 6.71. The zero-order valence-electron chi connectivity index (χ0n) is 13.8. The molecule has 0 radical (unpaired) electrons. The molecule has 136 valence electrons. The van der Waals surface area contributed by atoms with Crippen molar-refractivity contribution in [2.24, 2.45) is 5.92 Å². The molecule has 2 heterocycles. The lowest BCUT2D eigenvalue weighted by molar-refractivity contribution is -0.130. The first kappa shape index (κ1) is 17.8. The van der Waals surface area contributed by atoms with Gasteiger partial charge in [0.1, 0.15) is 17.6 Å². The maximum atomic E-state index is 13.7. The highest BCUT2D eigenvalue weighted by atomic mass is 19.2. The average molecular weight is 364 g/mol. The number of hydrogen-bond acceptors (Lipinski definition) is 3. The number of aromatic amines is 1. The number of carbonyl (C=O) groups is 2. The van der Waals surface area contributed by atoms with Gasteiger partial charge in [0.2, 0.25) is 5.91 Å². The molecule has 6 nitrogen and oxygen atoms in total. The van der Waals surface area contributed by atoms with Gasteiger partial charge in [0.25, 0.3) is 5.91 Å². The third kappa shape index (κ3) is 3.10. The van der Waals surface area contributed by atoms with Crippen LogP contribution in [0.25, 0.3) is 10.9 Å². The maximum Gasteiger partial charge on any atom is 0.268 e. The van der Waals surface area contributed by atoms with E-state index in [0.29, 0.717) is 19.0 Å². The summed E-state index contributed by atoms with van der Waals surface area (Å²) in [6.07, 6.45) is 0.572. The van der Waals surface area contributed by atoms with Crippen LogP contribution in [-0.4, -0.2) is 40.8 Å². The number of fused-ring (bicyclic) bond motifs is 1. The molecule has 0 bridgehead atoms. The fourth-order valence-corrected chi connectivity index (χ4v) is 3.11. The molecule has 0 saturated carbocycles. The predicted molar refractivity (Wildman–Crippen MR) is 85.4 cm³/mol. The zero-order valence-corrected chi connectivity index (χ0v) is 13.8. The number of rotatable bonds is 3. The van der Waals surface area contributed by atoms with Crippen LogP contribution in [0.5, 0.6) is 0 Å². The maximum absolute atomic E-state index is 13.7. The van der Waals surface area contributed by atoms with Crippen molar-refractivity contribution in [3.63, 3.8) is 0 Å². The van der Waals surface area contributed by atoms with Gasteiger partial charge in [0.05, 0.1) is 18.1 Å². The fourth-order valence-electron chi connectivity index (χ4n) is 3.11. The van der Waals surface area contributed by atoms with Crippen LogP contribution in [0.1, 0.15) is 23.8 Å². The molecular formula is C17H15F3N4O2. The summed E-state index contributed by atoms with van der Waals surface area (Å²) in [5.74, 6) is -4.67. The number of carbonyl (C=O) groups excluding carboxylic acids is 2. The average Bonchev–Trinajstić information content (AvgIpc) is 3.21. The van der Waals surface area contributed by atoms with Gasteiger partial charge in [-0.25, -0.2) is 13.2 Å². The topological polar surface area (TPSA) is 89.0 Å². The van der Waals surface area contributed by atoms with Crippen LogP contribution in [-0.2, 0) is 4.79 Å². The van der Waals surface area contributed by atoms with Gasteiger partial charge in [-0.05, 0) is 18.4 Å². The normalized spacial score (nSPS) is 19.6. The third-order valence-corrected chi connectivity index (χ3v) is 4.38. The molecule has 3 rings (SSSR count). The number of nitriles is 1. The van der Waals surface area contributed by atoms with Crippen LogP contribution in [0.2, 0.25) is 0 Å². The zero-order chi connectivity index (χ0) is 19.0. The Morgan fingerprint density at radius 3 is 2.77 bits per heavy atom. The summed E-state index contributed by atoms with van der Waals surface area (Å²) in [4.78, 5) is 28.1. The molecule has 2 aromatic rings. The quantitative estimate of drug-likeness (QED) is 0.817. The highest BCUT2D eigenvalue weighted by molar-refractivity contribution is 5.99. The van der Waals surface area contributed by atoms with Gasteiger partial charge < -0.3 is 15.2 Å². The summed E-state index contributed by atoms with van der Waals surface area (Å²) in [6.45, 7) is 1.98. The van der Waals surface area contributed by atoms with E-state index in [1.807, 2.05) is 13.0 Å². The predicted octanol–water partition coefficient (Wildman–Crippen LogP) is 2.08. The summed E-state index contributed by atoms with van der Waals surface area (Å²) < 4.78 is 40.6. The first-order chi connectivity index (χ1) is 12.3. The molecule has 1 saturated heterocycles. The van der Waals surface area contributed by atoms with Crippen molar-refractivity contribution in [1.29, 1.82) is 5.26 Å². The van der Waals surface area contributed by atoms with Crippen molar-refractivity contribution in [3.05, 3.63) is 35.3 Å². The Kier molecular flexibility index (Phi) is 4.59. The Bertz CT molecular complexity index is 934. The molecule has 1 fully saturated rings. The highest BCUT2D eigenvalue weighted by Gasteiger charge is 2.33. The molecule has 2 N–H and O–H groups in total. The molecule has 0 aliphatic carbocycles. The van der Waals surface area contributed by atoms with E-state index in [-0.39, 0.29) is 23.5 Å². The van der Waals surface area contributed by atoms with Crippen LogP contribution in [0, 0.1) is 34.7 Å². The van der Waals surface area contributed by atoms with E-state index in [0.717, 1.165) is 6.07 Å². The van der Waals surface area contributed by atoms with E-state index in [1.54, 1.807) is 0 Å². The monoisotopic (exact) mass is 364 g/mol. The van der Waals surface area contributed by atoms with Crippen LogP contribution in [0.15, 0.2) is 12.1 Å². The number of halogens is 3. The van der Waals surface area contributed by atoms with E-state index in [1.165, 1.54) is 4.90 Å². The summed E-state index contributed by atoms with van der Waals surface area (Å²) in [5, 5.41) is 11.2. The Morgan fingerprint density at radius 2 is 2.08 bits per heavy atom. The molecule has 1 aromatic carbocycles. The lowest BCUT2D eigenvalue weighted by Crippen LogP contribution is -2.42. The summed E-state index contributed by atoms with van der Waals surface area (Å²) in [7, 11) is 0. The van der Waals surface area contributed by atoms with Crippen molar-refractivity contribution in [3.8, 4) is 6.07 Å². The highest BCUT2D eigenvalue weighted by Crippen LogP contribution is 2.24.